The Kier molecular flexibility index (Phi) is 2.42. The van der Waals surface area contributed by atoms with Crippen LogP contribution < -0.4 is 11.3 Å². The predicted octanol–water partition coefficient (Wildman–Crippen LogP) is -0.617. The number of aliphatic hydroxyl groups is 2. The van der Waals surface area contributed by atoms with Crippen molar-refractivity contribution in [3.05, 3.63) is 28.2 Å². The van der Waals surface area contributed by atoms with Crippen LogP contribution >= 0.6 is 0 Å². The van der Waals surface area contributed by atoms with E-state index < -0.39 is 18.4 Å². The Hall–Kier alpha value is -2.55. The summed E-state index contributed by atoms with van der Waals surface area (Å²) < 4.78 is 6.85. The Balaban J connectivity index is 2.06. The number of anilines is 1. The minimum atomic E-state index is -0.610. The maximum absolute atomic E-state index is 11.6. The summed E-state index contributed by atoms with van der Waals surface area (Å²) in [7, 11) is 0. The van der Waals surface area contributed by atoms with Gasteiger partial charge in [-0.3, -0.25) is 14.3 Å². The van der Waals surface area contributed by atoms with E-state index in [4.69, 9.17) is 15.6 Å². The number of imidazole rings is 1. The zero-order valence-corrected chi connectivity index (χ0v) is 9.70. The molecule has 0 unspecified atom stereocenters. The van der Waals surface area contributed by atoms with E-state index in [9.17, 15) is 9.90 Å². The van der Waals surface area contributed by atoms with Crippen molar-refractivity contribution in [2.75, 3.05) is 12.3 Å². The Morgan fingerprint density at radius 2 is 2.42 bits per heavy atom. The quantitative estimate of drug-likeness (QED) is 0.567. The Labute approximate surface area is 106 Å². The number of aromatic amines is 1. The minimum absolute atomic E-state index is 0.0307. The summed E-state index contributed by atoms with van der Waals surface area (Å²) in [5.74, 6) is 0.0358. The number of nitrogens with zero attached hydrogens (tertiary/aromatic N) is 3. The van der Waals surface area contributed by atoms with Crippen molar-refractivity contribution in [2.24, 2.45) is 0 Å². The van der Waals surface area contributed by atoms with Gasteiger partial charge in [-0.15, -0.1) is 0 Å². The first kappa shape index (κ1) is 11.5. The monoisotopic (exact) mass is 265 g/mol. The second-order valence-corrected chi connectivity index (χ2v) is 4.08. The lowest BCUT2D eigenvalue weighted by Gasteiger charge is -2.13. The second-order valence-electron chi connectivity index (χ2n) is 4.08. The summed E-state index contributed by atoms with van der Waals surface area (Å²) >= 11 is 0. The number of aromatic nitrogens is 4. The number of aliphatic hydroxyl groups excluding tert-OH is 2. The van der Waals surface area contributed by atoms with Gasteiger partial charge in [0.05, 0.1) is 6.42 Å². The van der Waals surface area contributed by atoms with Crippen LogP contribution in [0.25, 0.3) is 11.2 Å². The van der Waals surface area contributed by atoms with Gasteiger partial charge in [-0.2, -0.15) is 4.98 Å². The van der Waals surface area contributed by atoms with Crippen molar-refractivity contribution >= 4 is 17.1 Å². The van der Waals surface area contributed by atoms with E-state index in [1.165, 1.54) is 10.9 Å². The van der Waals surface area contributed by atoms with Crippen molar-refractivity contribution in [1.29, 1.82) is 0 Å². The molecule has 0 saturated heterocycles. The second kappa shape index (κ2) is 3.99. The van der Waals surface area contributed by atoms with Crippen molar-refractivity contribution in [2.45, 2.75) is 12.6 Å². The van der Waals surface area contributed by atoms with Gasteiger partial charge in [0.15, 0.2) is 23.2 Å². The van der Waals surface area contributed by atoms with Gasteiger partial charge in [0, 0.05) is 0 Å². The number of hydrogen-bond acceptors (Lipinski definition) is 7. The Bertz CT molecular complexity index is 731. The summed E-state index contributed by atoms with van der Waals surface area (Å²) in [6, 6.07) is 0. The van der Waals surface area contributed by atoms with Gasteiger partial charge >= 0.3 is 0 Å². The van der Waals surface area contributed by atoms with Crippen molar-refractivity contribution in [3.8, 4) is 0 Å². The smallest absolute Gasteiger partial charge is 0.280 e. The van der Waals surface area contributed by atoms with Gasteiger partial charge in [-0.05, 0) is 0 Å². The molecule has 0 radical (unpaired) electrons. The van der Waals surface area contributed by atoms with Crippen LogP contribution in [0, 0.1) is 0 Å². The van der Waals surface area contributed by atoms with Crippen molar-refractivity contribution in [1.82, 2.24) is 19.5 Å². The van der Waals surface area contributed by atoms with Crippen LogP contribution in [0.3, 0.4) is 0 Å². The number of nitrogens with one attached hydrogen (secondary N) is 1. The molecule has 19 heavy (non-hydrogen) atoms. The standard InChI is InChI=1S/C10H11N5O4/c11-10-13-8-7(9(18)14-10)12-3-15(8)6-1-4(17)5(2-16)19-6/h3,6,16-17H,1-2H2,(H3,11,13,14,18)/t6-/m1/s1. The first-order valence-electron chi connectivity index (χ1n) is 5.51. The number of ether oxygens (including phenoxy) is 1. The van der Waals surface area contributed by atoms with E-state index >= 15 is 0 Å². The third kappa shape index (κ3) is 1.71. The van der Waals surface area contributed by atoms with Crippen LogP contribution in [0.2, 0.25) is 0 Å². The summed E-state index contributed by atoms with van der Waals surface area (Å²) in [5.41, 5.74) is 5.43. The first-order valence-corrected chi connectivity index (χ1v) is 5.51. The molecule has 3 heterocycles. The average molecular weight is 265 g/mol. The summed E-state index contributed by atoms with van der Waals surface area (Å²) in [5, 5.41) is 18.6. The first-order chi connectivity index (χ1) is 9.10. The molecular weight excluding hydrogens is 254 g/mol. The number of rotatable bonds is 2. The molecule has 2 aromatic rings. The van der Waals surface area contributed by atoms with Crippen molar-refractivity contribution in [3.63, 3.8) is 0 Å². The molecule has 0 aliphatic carbocycles. The molecule has 100 valence electrons. The lowest BCUT2D eigenvalue weighted by molar-refractivity contribution is 0.0656. The normalized spacial score (nSPS) is 19.1. The summed E-state index contributed by atoms with van der Waals surface area (Å²) in [6.45, 7) is -0.398. The Morgan fingerprint density at radius 3 is 3.11 bits per heavy atom. The van der Waals surface area contributed by atoms with Crippen molar-refractivity contribution < 1.29 is 14.9 Å². The van der Waals surface area contributed by atoms with E-state index in [0.29, 0.717) is 0 Å². The van der Waals surface area contributed by atoms with Crippen LogP contribution in [0.15, 0.2) is 22.6 Å². The zero-order valence-electron chi connectivity index (χ0n) is 9.70. The third-order valence-electron chi connectivity index (χ3n) is 2.87. The SMILES string of the molecule is Nc1nc2c(ncn2[C@H]2CC(O)=C(CO)O2)c(=O)[nH]1. The Morgan fingerprint density at radius 1 is 1.63 bits per heavy atom. The third-order valence-corrected chi connectivity index (χ3v) is 2.87. The number of nitrogens with two attached hydrogens (primary N) is 1. The molecule has 1 aliphatic heterocycles. The van der Waals surface area contributed by atoms with Gasteiger partial charge in [0.25, 0.3) is 5.56 Å². The molecule has 0 spiro atoms. The highest BCUT2D eigenvalue weighted by molar-refractivity contribution is 5.70. The summed E-state index contributed by atoms with van der Waals surface area (Å²) in [4.78, 5) is 21.9. The molecule has 5 N–H and O–H groups in total. The van der Waals surface area contributed by atoms with E-state index in [1.807, 2.05) is 0 Å². The molecular formula is C10H11N5O4. The van der Waals surface area contributed by atoms with Crippen LogP contribution in [0.4, 0.5) is 5.95 Å². The highest BCUT2D eigenvalue weighted by Crippen LogP contribution is 2.31. The zero-order chi connectivity index (χ0) is 13.6. The molecule has 9 nitrogen and oxygen atoms in total. The van der Waals surface area contributed by atoms with Crippen LogP contribution in [-0.2, 0) is 4.74 Å². The van der Waals surface area contributed by atoms with Gasteiger partial charge in [0.1, 0.15) is 18.7 Å². The van der Waals surface area contributed by atoms with Crippen LogP contribution in [0.1, 0.15) is 12.6 Å². The highest BCUT2D eigenvalue weighted by Gasteiger charge is 2.28. The van der Waals surface area contributed by atoms with Gasteiger partial charge in [0.2, 0.25) is 5.95 Å². The molecule has 0 aromatic carbocycles. The largest absolute Gasteiger partial charge is 0.508 e. The predicted molar refractivity (Wildman–Crippen MR) is 64.0 cm³/mol. The molecule has 0 bridgehead atoms. The van der Waals surface area contributed by atoms with E-state index in [2.05, 4.69) is 15.0 Å². The number of fused-ring (bicyclic) bond motifs is 1. The van der Waals surface area contributed by atoms with Gasteiger partial charge in [-0.25, -0.2) is 4.98 Å². The number of hydrogen-bond donors (Lipinski definition) is 4. The maximum atomic E-state index is 11.6. The molecule has 0 amide bonds. The van der Waals surface area contributed by atoms with E-state index in [0.717, 1.165) is 0 Å². The molecule has 0 saturated carbocycles. The van der Waals surface area contributed by atoms with Crippen LogP contribution in [-0.4, -0.2) is 36.3 Å². The molecule has 1 aliphatic rings. The highest BCUT2D eigenvalue weighted by atomic mass is 16.5. The molecule has 2 aromatic heterocycles. The molecule has 0 fully saturated rings. The fourth-order valence-electron chi connectivity index (χ4n) is 1.99. The number of H-pyrrole nitrogens is 1. The minimum Gasteiger partial charge on any atom is -0.508 e. The van der Waals surface area contributed by atoms with E-state index in [1.54, 1.807) is 0 Å². The molecule has 1 atom stereocenters. The molecule has 9 heteroatoms. The lowest BCUT2D eigenvalue weighted by atomic mass is 10.3. The fourth-order valence-corrected chi connectivity index (χ4v) is 1.99. The van der Waals surface area contributed by atoms with Gasteiger partial charge in [-0.1, -0.05) is 0 Å². The number of nitrogen functional groups attached to an aromatic ring is 1. The van der Waals surface area contributed by atoms with E-state index in [-0.39, 0.29) is 35.1 Å². The topological polar surface area (TPSA) is 139 Å². The summed E-state index contributed by atoms with van der Waals surface area (Å²) in [6.07, 6.45) is 0.932. The lowest BCUT2D eigenvalue weighted by Crippen LogP contribution is -2.14. The average Bonchev–Trinajstić information content (AvgIpc) is 2.92. The van der Waals surface area contributed by atoms with Crippen LogP contribution in [0.5, 0.6) is 0 Å². The maximum Gasteiger partial charge on any atom is 0.280 e. The fraction of sp³-hybridized carbons (Fsp3) is 0.300. The molecule has 3 rings (SSSR count). The van der Waals surface area contributed by atoms with Gasteiger partial charge < -0.3 is 20.7 Å².